The summed E-state index contributed by atoms with van der Waals surface area (Å²) in [4.78, 5) is 0. The second-order valence-corrected chi connectivity index (χ2v) is 7.38. The van der Waals surface area contributed by atoms with Crippen LogP contribution >= 0.6 is 0 Å². The van der Waals surface area contributed by atoms with Crippen LogP contribution in [-0.4, -0.2) is 0 Å². The summed E-state index contributed by atoms with van der Waals surface area (Å²) in [6.45, 7) is 2.61. The molecular weight excluding hydrogens is 156 g/mol. The van der Waals surface area contributed by atoms with Gasteiger partial charge in [0.15, 0.2) is 0 Å². The maximum Gasteiger partial charge on any atom is -0.0167 e. The third kappa shape index (κ3) is 0.245. The Hall–Kier alpha value is 0. The van der Waals surface area contributed by atoms with Crippen LogP contribution in [0.25, 0.3) is 0 Å². The van der Waals surface area contributed by atoms with Gasteiger partial charge in [0.1, 0.15) is 0 Å². The largest absolute Gasteiger partial charge is 0.0617 e. The van der Waals surface area contributed by atoms with E-state index in [1.54, 1.807) is 25.7 Å². The summed E-state index contributed by atoms with van der Waals surface area (Å²) in [5, 5.41) is 0. The first-order valence-corrected chi connectivity index (χ1v) is 6.26. The lowest BCUT2D eigenvalue weighted by Gasteiger charge is -2.48. The molecular formula is C13H16. The van der Waals surface area contributed by atoms with E-state index >= 15 is 0 Å². The third-order valence-corrected chi connectivity index (χ3v) is 8.12. The van der Waals surface area contributed by atoms with Crippen molar-refractivity contribution in [3.63, 3.8) is 0 Å². The minimum Gasteiger partial charge on any atom is -0.0617 e. The zero-order valence-electron chi connectivity index (χ0n) is 8.22. The molecule has 68 valence electrons. The summed E-state index contributed by atoms with van der Waals surface area (Å²) in [6.07, 6.45) is 6.74. The molecule has 3 bridgehead atoms. The van der Waals surface area contributed by atoms with Crippen LogP contribution in [0.3, 0.4) is 0 Å². The van der Waals surface area contributed by atoms with Crippen LogP contribution in [0, 0.1) is 45.8 Å². The first-order valence-electron chi connectivity index (χ1n) is 6.26. The van der Waals surface area contributed by atoms with Gasteiger partial charge in [-0.3, -0.25) is 0 Å². The van der Waals surface area contributed by atoms with E-state index < -0.39 is 0 Å². The maximum absolute atomic E-state index is 2.61. The fourth-order valence-corrected chi connectivity index (χ4v) is 8.42. The molecule has 7 rings (SSSR count). The standard InChI is InChI=1S/C13H16/c1-6-9-7-2-12(9)5-11(6)4-8-10(11)13(8,12)3-7/h6-10H,2-5H2,1H3. The molecule has 0 heterocycles. The van der Waals surface area contributed by atoms with Crippen LogP contribution in [0.5, 0.6) is 0 Å². The molecule has 0 radical (unpaired) electrons. The Bertz CT molecular complexity index is 381. The number of rotatable bonds is 0. The molecule has 0 aromatic heterocycles. The molecule has 8 atom stereocenters. The second kappa shape index (κ2) is 1.06. The van der Waals surface area contributed by atoms with E-state index in [0.717, 1.165) is 22.2 Å². The van der Waals surface area contributed by atoms with E-state index in [1.165, 1.54) is 23.7 Å². The normalized spacial score (nSPS) is 93.5. The van der Waals surface area contributed by atoms with Gasteiger partial charge in [0, 0.05) is 0 Å². The van der Waals surface area contributed by atoms with Crippen molar-refractivity contribution in [1.29, 1.82) is 0 Å². The molecule has 0 aliphatic heterocycles. The van der Waals surface area contributed by atoms with E-state index in [1.807, 2.05) is 0 Å². The first-order chi connectivity index (χ1) is 6.26. The molecule has 7 aliphatic rings. The van der Waals surface area contributed by atoms with Crippen molar-refractivity contribution in [3.05, 3.63) is 0 Å². The van der Waals surface area contributed by atoms with Gasteiger partial charge in [-0.25, -0.2) is 0 Å². The molecule has 7 fully saturated rings. The Kier molecular flexibility index (Phi) is 0.471. The van der Waals surface area contributed by atoms with Gasteiger partial charge in [-0.2, -0.15) is 0 Å². The van der Waals surface area contributed by atoms with Crippen molar-refractivity contribution in [2.75, 3.05) is 0 Å². The lowest BCUT2D eigenvalue weighted by Crippen LogP contribution is -2.43. The molecule has 0 heteroatoms. The number of hydrogen-bond acceptors (Lipinski definition) is 0. The summed E-state index contributed by atoms with van der Waals surface area (Å²) in [6, 6.07) is 0. The highest BCUT2D eigenvalue weighted by atomic mass is 15.1. The van der Waals surface area contributed by atoms with Crippen molar-refractivity contribution in [2.45, 2.75) is 32.6 Å². The van der Waals surface area contributed by atoms with E-state index in [4.69, 9.17) is 0 Å². The van der Waals surface area contributed by atoms with Crippen LogP contribution in [0.1, 0.15) is 32.6 Å². The summed E-state index contributed by atoms with van der Waals surface area (Å²) < 4.78 is 0. The van der Waals surface area contributed by atoms with Gasteiger partial charge in [-0.05, 0) is 71.5 Å². The Morgan fingerprint density at radius 1 is 1.15 bits per heavy atom. The van der Waals surface area contributed by atoms with Crippen LogP contribution in [0.4, 0.5) is 0 Å². The minimum atomic E-state index is 0.945. The zero-order chi connectivity index (χ0) is 8.22. The van der Waals surface area contributed by atoms with E-state index in [-0.39, 0.29) is 0 Å². The molecule has 0 aromatic carbocycles. The summed E-state index contributed by atoms with van der Waals surface area (Å²) >= 11 is 0. The van der Waals surface area contributed by atoms with E-state index in [0.29, 0.717) is 0 Å². The minimum absolute atomic E-state index is 0.945. The SMILES string of the molecule is CC1C2C3CC24CC12CC1C2C14C3. The van der Waals surface area contributed by atoms with Crippen molar-refractivity contribution in [1.82, 2.24) is 0 Å². The predicted octanol–water partition coefficient (Wildman–Crippen LogP) is 2.69. The first kappa shape index (κ1) is 5.78. The highest BCUT2D eigenvalue weighted by Crippen LogP contribution is 3.07. The molecule has 0 N–H and O–H groups in total. The average Bonchev–Trinajstić information content (AvgIpc) is 2.37. The lowest BCUT2D eigenvalue weighted by molar-refractivity contribution is -0.00440. The Morgan fingerprint density at radius 3 is 3.00 bits per heavy atom. The van der Waals surface area contributed by atoms with Gasteiger partial charge in [0.05, 0.1) is 0 Å². The fourth-order valence-electron chi connectivity index (χ4n) is 8.42. The van der Waals surface area contributed by atoms with Crippen LogP contribution in [0.15, 0.2) is 0 Å². The highest BCUT2D eigenvalue weighted by Gasteiger charge is 3.01. The van der Waals surface area contributed by atoms with Crippen LogP contribution < -0.4 is 0 Å². The molecule has 3 spiro atoms. The van der Waals surface area contributed by atoms with Gasteiger partial charge in [-0.15, -0.1) is 0 Å². The fraction of sp³-hybridized carbons (Fsp3) is 1.00. The maximum atomic E-state index is 2.61. The van der Waals surface area contributed by atoms with Crippen molar-refractivity contribution < 1.29 is 0 Å². The molecule has 0 amide bonds. The van der Waals surface area contributed by atoms with Crippen molar-refractivity contribution in [2.24, 2.45) is 45.8 Å². The Balaban J connectivity index is 1.82. The second-order valence-electron chi connectivity index (χ2n) is 7.38. The average molecular weight is 172 g/mol. The monoisotopic (exact) mass is 172 g/mol. The van der Waals surface area contributed by atoms with Crippen molar-refractivity contribution >= 4 is 0 Å². The topological polar surface area (TPSA) is 0 Å². The van der Waals surface area contributed by atoms with E-state index in [2.05, 4.69) is 6.92 Å². The van der Waals surface area contributed by atoms with Gasteiger partial charge in [0.25, 0.3) is 0 Å². The summed E-state index contributed by atoms with van der Waals surface area (Å²) in [5.41, 5.74) is 2.93. The van der Waals surface area contributed by atoms with Crippen molar-refractivity contribution in [3.8, 4) is 0 Å². The number of hydrogen-bond donors (Lipinski definition) is 0. The quantitative estimate of drug-likeness (QED) is 0.527. The zero-order valence-corrected chi connectivity index (χ0v) is 8.22. The molecule has 13 heavy (non-hydrogen) atoms. The third-order valence-electron chi connectivity index (χ3n) is 8.12. The van der Waals surface area contributed by atoms with Gasteiger partial charge in [-0.1, -0.05) is 6.92 Å². The molecule has 0 aromatic rings. The highest BCUT2D eigenvalue weighted by molar-refractivity contribution is 5.49. The van der Waals surface area contributed by atoms with Crippen LogP contribution in [-0.2, 0) is 0 Å². The molecule has 7 saturated carbocycles. The molecule has 7 aliphatic carbocycles. The van der Waals surface area contributed by atoms with E-state index in [9.17, 15) is 0 Å². The van der Waals surface area contributed by atoms with Crippen LogP contribution in [0.2, 0.25) is 0 Å². The van der Waals surface area contributed by atoms with Gasteiger partial charge < -0.3 is 0 Å². The lowest BCUT2D eigenvalue weighted by atomic mass is 9.56. The predicted molar refractivity (Wildman–Crippen MR) is 48.9 cm³/mol. The van der Waals surface area contributed by atoms with Gasteiger partial charge in [0.2, 0.25) is 0 Å². The summed E-state index contributed by atoms with van der Waals surface area (Å²) in [7, 11) is 0. The van der Waals surface area contributed by atoms with Gasteiger partial charge >= 0.3 is 0 Å². The summed E-state index contributed by atoms with van der Waals surface area (Å²) in [5.74, 6) is 6.13. The molecule has 0 saturated heterocycles. The smallest absolute Gasteiger partial charge is 0.0167 e. The Morgan fingerprint density at radius 2 is 2.08 bits per heavy atom. The molecule has 8 unspecified atom stereocenters. The molecule has 0 nitrogen and oxygen atoms in total. The Labute approximate surface area is 79.1 Å².